The number of thiazole rings is 1. The summed E-state index contributed by atoms with van der Waals surface area (Å²) in [6.45, 7) is 1.96. The molecule has 6 aromatic rings. The molecule has 10 heteroatoms. The number of anilines is 1. The van der Waals surface area contributed by atoms with Crippen molar-refractivity contribution in [3.8, 4) is 22.6 Å². The van der Waals surface area contributed by atoms with Crippen LogP contribution in [0.2, 0.25) is 0 Å². The third kappa shape index (κ3) is 4.44. The zero-order valence-electron chi connectivity index (χ0n) is 21.5. The number of carboxylic acid groups (broad SMARTS) is 1. The van der Waals surface area contributed by atoms with Crippen LogP contribution in [0.3, 0.4) is 0 Å². The van der Waals surface area contributed by atoms with Gasteiger partial charge in [-0.05, 0) is 59.8 Å². The number of para-hydroxylation sites is 1. The molecule has 40 heavy (non-hydrogen) atoms. The summed E-state index contributed by atoms with van der Waals surface area (Å²) in [4.78, 5) is 40.1. The van der Waals surface area contributed by atoms with Crippen LogP contribution in [0.25, 0.3) is 37.9 Å². The summed E-state index contributed by atoms with van der Waals surface area (Å²) < 4.78 is 7.05. The molecule has 3 aromatic carbocycles. The minimum atomic E-state index is -1.08. The first-order valence-corrected chi connectivity index (χ1v) is 13.3. The monoisotopic (exact) mass is 549 g/mol. The molecule has 0 amide bonds. The average Bonchev–Trinajstić information content (AvgIpc) is 3.47. The number of carbonyl (C=O) groups is 1. The minimum Gasteiger partial charge on any atom is -0.497 e. The molecule has 0 aliphatic rings. The number of hydrogen-bond acceptors (Lipinski definition) is 8. The van der Waals surface area contributed by atoms with E-state index in [1.54, 1.807) is 22.2 Å². The SMILES string of the molecule is COc1cc(C(=O)O)cc(-c2cccc3cc([C@H](C)Nc4ncnc5scnc45)n(-c4ccccc4)c(=O)c23)c1. The van der Waals surface area contributed by atoms with E-state index in [9.17, 15) is 14.7 Å². The van der Waals surface area contributed by atoms with Crippen molar-refractivity contribution in [3.63, 3.8) is 0 Å². The summed E-state index contributed by atoms with van der Waals surface area (Å²) in [6, 6.07) is 21.4. The zero-order chi connectivity index (χ0) is 27.8. The summed E-state index contributed by atoms with van der Waals surface area (Å²) in [5, 5.41) is 14.3. The number of hydrogen-bond donors (Lipinski definition) is 2. The van der Waals surface area contributed by atoms with Crippen molar-refractivity contribution in [2.45, 2.75) is 13.0 Å². The van der Waals surface area contributed by atoms with E-state index < -0.39 is 5.97 Å². The molecule has 0 aliphatic heterocycles. The number of nitrogens with zero attached hydrogens (tertiary/aromatic N) is 4. The second kappa shape index (κ2) is 10.2. The predicted octanol–water partition coefficient (Wildman–Crippen LogP) is 5.94. The van der Waals surface area contributed by atoms with Crippen molar-refractivity contribution in [2.24, 2.45) is 0 Å². The van der Waals surface area contributed by atoms with Crippen LogP contribution in [0, 0.1) is 0 Å². The first kappa shape index (κ1) is 25.2. The van der Waals surface area contributed by atoms with Gasteiger partial charge in [-0.2, -0.15) is 0 Å². The Morgan fingerprint density at radius 1 is 1.02 bits per heavy atom. The molecule has 0 spiro atoms. The Balaban J connectivity index is 1.58. The fourth-order valence-electron chi connectivity index (χ4n) is 4.86. The fourth-order valence-corrected chi connectivity index (χ4v) is 5.49. The number of benzene rings is 3. The molecule has 3 heterocycles. The topological polar surface area (TPSA) is 119 Å². The maximum absolute atomic E-state index is 14.4. The largest absolute Gasteiger partial charge is 0.497 e. The Morgan fingerprint density at radius 3 is 2.62 bits per heavy atom. The van der Waals surface area contributed by atoms with Gasteiger partial charge in [-0.3, -0.25) is 9.36 Å². The molecule has 0 aliphatic carbocycles. The number of aromatic nitrogens is 4. The first-order chi connectivity index (χ1) is 19.4. The summed E-state index contributed by atoms with van der Waals surface area (Å²) in [5.74, 6) is -0.108. The molecule has 6 rings (SSSR count). The number of pyridine rings is 1. The highest BCUT2D eigenvalue weighted by atomic mass is 32.1. The maximum Gasteiger partial charge on any atom is 0.335 e. The van der Waals surface area contributed by atoms with Crippen LogP contribution in [-0.2, 0) is 0 Å². The average molecular weight is 550 g/mol. The van der Waals surface area contributed by atoms with Gasteiger partial charge in [-0.15, -0.1) is 11.3 Å². The van der Waals surface area contributed by atoms with Crippen molar-refractivity contribution >= 4 is 44.2 Å². The van der Waals surface area contributed by atoms with Crippen LogP contribution in [0.5, 0.6) is 5.75 Å². The number of aromatic carboxylic acids is 1. The lowest BCUT2D eigenvalue weighted by atomic mass is 9.96. The van der Waals surface area contributed by atoms with Crippen molar-refractivity contribution in [2.75, 3.05) is 12.4 Å². The van der Waals surface area contributed by atoms with E-state index >= 15 is 0 Å². The highest BCUT2D eigenvalue weighted by molar-refractivity contribution is 7.16. The lowest BCUT2D eigenvalue weighted by Crippen LogP contribution is -2.26. The van der Waals surface area contributed by atoms with E-state index in [2.05, 4.69) is 20.3 Å². The van der Waals surface area contributed by atoms with E-state index in [4.69, 9.17) is 4.74 Å². The number of nitrogens with one attached hydrogen (secondary N) is 1. The number of methoxy groups -OCH3 is 1. The Labute approximate surface area is 232 Å². The molecular formula is C30H23N5O4S. The Hall–Kier alpha value is -5.09. The van der Waals surface area contributed by atoms with Gasteiger partial charge >= 0.3 is 5.97 Å². The van der Waals surface area contributed by atoms with Gasteiger partial charge in [0, 0.05) is 11.4 Å². The summed E-state index contributed by atoms with van der Waals surface area (Å²) in [5.41, 5.74) is 4.84. The molecule has 0 radical (unpaired) electrons. The van der Waals surface area contributed by atoms with Gasteiger partial charge in [0.25, 0.3) is 5.56 Å². The maximum atomic E-state index is 14.4. The fraction of sp³-hybridized carbons (Fsp3) is 0.100. The molecule has 9 nitrogen and oxygen atoms in total. The lowest BCUT2D eigenvalue weighted by molar-refractivity contribution is 0.0696. The smallest absolute Gasteiger partial charge is 0.335 e. The minimum absolute atomic E-state index is 0.0717. The molecular weight excluding hydrogens is 526 g/mol. The van der Waals surface area contributed by atoms with Gasteiger partial charge in [0.15, 0.2) is 5.82 Å². The Morgan fingerprint density at radius 2 is 1.85 bits per heavy atom. The highest BCUT2D eigenvalue weighted by Gasteiger charge is 2.21. The quantitative estimate of drug-likeness (QED) is 0.251. The molecule has 2 N–H and O–H groups in total. The van der Waals surface area contributed by atoms with Crippen LogP contribution < -0.4 is 15.6 Å². The summed E-state index contributed by atoms with van der Waals surface area (Å²) in [6.07, 6.45) is 1.49. The molecule has 198 valence electrons. The van der Waals surface area contributed by atoms with E-state index in [-0.39, 0.29) is 17.2 Å². The van der Waals surface area contributed by atoms with Gasteiger partial charge < -0.3 is 15.2 Å². The second-order valence-corrected chi connectivity index (χ2v) is 10.00. The van der Waals surface area contributed by atoms with Gasteiger partial charge in [-0.1, -0.05) is 36.4 Å². The van der Waals surface area contributed by atoms with E-state index in [1.165, 1.54) is 30.8 Å². The molecule has 0 unspecified atom stereocenters. The van der Waals surface area contributed by atoms with Gasteiger partial charge in [0.2, 0.25) is 0 Å². The summed E-state index contributed by atoms with van der Waals surface area (Å²) in [7, 11) is 1.48. The van der Waals surface area contributed by atoms with Crippen LogP contribution >= 0.6 is 11.3 Å². The van der Waals surface area contributed by atoms with E-state index in [0.717, 1.165) is 15.9 Å². The zero-order valence-corrected chi connectivity index (χ0v) is 22.3. The number of fused-ring (bicyclic) bond motifs is 2. The third-order valence-electron chi connectivity index (χ3n) is 6.72. The molecule has 0 fully saturated rings. The van der Waals surface area contributed by atoms with Crippen LogP contribution in [0.15, 0.2) is 89.4 Å². The van der Waals surface area contributed by atoms with Crippen LogP contribution in [-0.4, -0.2) is 37.7 Å². The van der Waals surface area contributed by atoms with Crippen molar-refractivity contribution in [1.82, 2.24) is 19.5 Å². The highest BCUT2D eigenvalue weighted by Crippen LogP contribution is 2.33. The predicted molar refractivity (Wildman–Crippen MR) is 156 cm³/mol. The molecule has 0 saturated carbocycles. The molecule has 3 aromatic heterocycles. The van der Waals surface area contributed by atoms with Crippen LogP contribution in [0.1, 0.15) is 29.0 Å². The van der Waals surface area contributed by atoms with E-state index in [1.807, 2.05) is 61.5 Å². The molecule has 0 saturated heterocycles. The number of ether oxygens (including phenoxy) is 1. The van der Waals surface area contributed by atoms with Gasteiger partial charge in [-0.25, -0.2) is 19.7 Å². The Kier molecular flexibility index (Phi) is 6.45. The van der Waals surface area contributed by atoms with Crippen molar-refractivity contribution in [1.29, 1.82) is 0 Å². The molecule has 1 atom stereocenters. The van der Waals surface area contributed by atoms with Gasteiger partial charge in [0.1, 0.15) is 22.4 Å². The Bertz CT molecular complexity index is 1950. The lowest BCUT2D eigenvalue weighted by Gasteiger charge is -2.22. The number of carboxylic acids is 1. The first-order valence-electron chi connectivity index (χ1n) is 12.4. The normalized spacial score (nSPS) is 11.9. The third-order valence-corrected chi connectivity index (χ3v) is 7.45. The van der Waals surface area contributed by atoms with Crippen LogP contribution in [0.4, 0.5) is 5.82 Å². The van der Waals surface area contributed by atoms with Gasteiger partial charge in [0.05, 0.1) is 29.6 Å². The summed E-state index contributed by atoms with van der Waals surface area (Å²) >= 11 is 1.43. The second-order valence-electron chi connectivity index (χ2n) is 9.16. The number of rotatable bonds is 7. The van der Waals surface area contributed by atoms with Crippen molar-refractivity contribution in [3.05, 3.63) is 106 Å². The van der Waals surface area contributed by atoms with Crippen molar-refractivity contribution < 1.29 is 14.6 Å². The molecule has 0 bridgehead atoms. The van der Waals surface area contributed by atoms with E-state index in [0.29, 0.717) is 39.3 Å². The standard InChI is InChI=1S/C30H23N5O4S/c1-17(34-27-26-28(32-15-31-27)40-16-33-26)24-14-18-7-6-10-23(19-11-20(30(37)38)13-22(12-19)39-2)25(18)29(36)35(24)21-8-4-3-5-9-21/h3-17H,1-2H3,(H,37,38)(H,31,32,34)/t17-/m0/s1.